The highest BCUT2D eigenvalue weighted by atomic mass is 16.7. The van der Waals surface area contributed by atoms with Gasteiger partial charge < -0.3 is 9.47 Å². The third-order valence-corrected chi connectivity index (χ3v) is 2.06. The fraction of sp³-hybridized carbons (Fsp3) is 0.400. The van der Waals surface area contributed by atoms with Crippen LogP contribution >= 0.6 is 0 Å². The lowest BCUT2D eigenvalue weighted by atomic mass is 10.2. The number of ether oxygens (including phenoxy) is 2. The highest BCUT2D eigenvalue weighted by Gasteiger charge is 2.16. The molecule has 1 aromatic rings. The number of nitrogens with one attached hydrogen (secondary N) is 1. The van der Waals surface area contributed by atoms with E-state index in [1.54, 1.807) is 0 Å². The summed E-state index contributed by atoms with van der Waals surface area (Å²) in [6.07, 6.45) is 0. The van der Waals surface area contributed by atoms with Gasteiger partial charge in [0.1, 0.15) is 0 Å². The number of nitrogens with zero attached hydrogens (tertiary/aromatic N) is 1. The highest BCUT2D eigenvalue weighted by Crippen LogP contribution is 2.35. The Morgan fingerprint density at radius 2 is 2.21 bits per heavy atom. The van der Waals surface area contributed by atoms with E-state index in [1.807, 2.05) is 37.3 Å². The number of fused-ring (bicyclic) bond motifs is 1. The van der Waals surface area contributed by atoms with Crippen molar-refractivity contribution in [2.45, 2.75) is 6.54 Å². The van der Waals surface area contributed by atoms with Gasteiger partial charge >= 0.3 is 0 Å². The maximum atomic E-state index is 5.38. The second-order valence-electron chi connectivity index (χ2n) is 3.38. The van der Waals surface area contributed by atoms with Gasteiger partial charge in [0.25, 0.3) is 0 Å². The quantitative estimate of drug-likeness (QED) is 0.727. The predicted molar refractivity (Wildman–Crippen MR) is 53.1 cm³/mol. The van der Waals surface area contributed by atoms with Crippen molar-refractivity contribution in [2.75, 3.05) is 20.9 Å². The second-order valence-corrected chi connectivity index (χ2v) is 3.38. The SMILES string of the molecule is CN(C)NCc1cccc2c1OCO2. The van der Waals surface area contributed by atoms with Crippen LogP contribution in [0.1, 0.15) is 5.56 Å². The van der Waals surface area contributed by atoms with E-state index in [1.165, 1.54) is 0 Å². The van der Waals surface area contributed by atoms with Crippen molar-refractivity contribution in [2.24, 2.45) is 0 Å². The summed E-state index contributed by atoms with van der Waals surface area (Å²) in [5.74, 6) is 1.70. The molecule has 0 radical (unpaired) electrons. The summed E-state index contributed by atoms with van der Waals surface area (Å²) < 4.78 is 10.7. The van der Waals surface area contributed by atoms with Crippen LogP contribution in [0.4, 0.5) is 0 Å². The molecule has 0 unspecified atom stereocenters. The van der Waals surface area contributed by atoms with Gasteiger partial charge in [-0.25, -0.2) is 0 Å². The lowest BCUT2D eigenvalue weighted by molar-refractivity contribution is 0.172. The van der Waals surface area contributed by atoms with Gasteiger partial charge in [0.05, 0.1) is 0 Å². The minimum absolute atomic E-state index is 0.328. The van der Waals surface area contributed by atoms with Crippen LogP contribution in [0.25, 0.3) is 0 Å². The molecule has 4 heteroatoms. The molecule has 0 saturated carbocycles. The number of hydrogen-bond donors (Lipinski definition) is 1. The first-order valence-corrected chi connectivity index (χ1v) is 4.55. The maximum Gasteiger partial charge on any atom is 0.231 e. The Morgan fingerprint density at radius 3 is 3.00 bits per heavy atom. The van der Waals surface area contributed by atoms with E-state index in [0.717, 1.165) is 23.6 Å². The van der Waals surface area contributed by atoms with Crippen LogP contribution in [0.15, 0.2) is 18.2 Å². The van der Waals surface area contributed by atoms with E-state index in [4.69, 9.17) is 9.47 Å². The van der Waals surface area contributed by atoms with Gasteiger partial charge in [-0.05, 0) is 6.07 Å². The third kappa shape index (κ3) is 1.81. The highest BCUT2D eigenvalue weighted by molar-refractivity contribution is 5.47. The molecule has 0 spiro atoms. The van der Waals surface area contributed by atoms with Gasteiger partial charge in [-0.1, -0.05) is 12.1 Å². The molecule has 0 saturated heterocycles. The number of para-hydroxylation sites is 1. The first-order valence-electron chi connectivity index (χ1n) is 4.55. The number of hydrogen-bond acceptors (Lipinski definition) is 4. The first-order chi connectivity index (χ1) is 6.77. The summed E-state index contributed by atoms with van der Waals surface area (Å²) >= 11 is 0. The predicted octanol–water partition coefficient (Wildman–Crippen LogP) is 0.981. The number of hydrazine groups is 1. The van der Waals surface area contributed by atoms with E-state index in [9.17, 15) is 0 Å². The Morgan fingerprint density at radius 1 is 1.36 bits per heavy atom. The molecular formula is C10H14N2O2. The van der Waals surface area contributed by atoms with Crippen LogP contribution < -0.4 is 14.9 Å². The summed E-state index contributed by atoms with van der Waals surface area (Å²) in [4.78, 5) is 0. The molecule has 1 aromatic carbocycles. The molecule has 4 nitrogen and oxygen atoms in total. The normalized spacial score (nSPS) is 13.6. The summed E-state index contributed by atoms with van der Waals surface area (Å²) in [5.41, 5.74) is 4.31. The van der Waals surface area contributed by atoms with Gasteiger partial charge in [-0.15, -0.1) is 0 Å². The monoisotopic (exact) mass is 194 g/mol. The van der Waals surface area contributed by atoms with E-state index < -0.39 is 0 Å². The standard InChI is InChI=1S/C10H14N2O2/c1-12(2)11-6-8-4-3-5-9-10(8)14-7-13-9/h3-5,11H,6-7H2,1-2H3. The Balaban J connectivity index is 2.14. The van der Waals surface area contributed by atoms with Crippen molar-refractivity contribution >= 4 is 0 Å². The van der Waals surface area contributed by atoms with Crippen LogP contribution in [0.3, 0.4) is 0 Å². The molecule has 0 aliphatic carbocycles. The Kier molecular flexibility index (Phi) is 2.56. The smallest absolute Gasteiger partial charge is 0.231 e. The van der Waals surface area contributed by atoms with Crippen LogP contribution in [-0.2, 0) is 6.54 Å². The minimum Gasteiger partial charge on any atom is -0.454 e. The van der Waals surface area contributed by atoms with Crippen molar-refractivity contribution in [3.8, 4) is 11.5 Å². The van der Waals surface area contributed by atoms with Gasteiger partial charge in [-0.3, -0.25) is 10.4 Å². The van der Waals surface area contributed by atoms with Gasteiger partial charge in [0, 0.05) is 26.2 Å². The molecule has 14 heavy (non-hydrogen) atoms. The molecule has 0 amide bonds. The van der Waals surface area contributed by atoms with Crippen LogP contribution in [0.2, 0.25) is 0 Å². The number of rotatable bonds is 3. The topological polar surface area (TPSA) is 33.7 Å². The average molecular weight is 194 g/mol. The largest absolute Gasteiger partial charge is 0.454 e. The fourth-order valence-electron chi connectivity index (χ4n) is 1.37. The summed E-state index contributed by atoms with van der Waals surface area (Å²) in [6.45, 7) is 1.08. The van der Waals surface area contributed by atoms with Gasteiger partial charge in [-0.2, -0.15) is 0 Å². The summed E-state index contributed by atoms with van der Waals surface area (Å²) in [6, 6.07) is 5.92. The Bertz CT molecular complexity index is 326. The van der Waals surface area contributed by atoms with Crippen molar-refractivity contribution in [3.05, 3.63) is 23.8 Å². The molecule has 0 bridgehead atoms. The summed E-state index contributed by atoms with van der Waals surface area (Å²) in [7, 11) is 3.92. The molecule has 1 aliphatic heterocycles. The van der Waals surface area contributed by atoms with Crippen molar-refractivity contribution < 1.29 is 9.47 Å². The zero-order valence-corrected chi connectivity index (χ0v) is 8.41. The molecule has 1 N–H and O–H groups in total. The third-order valence-electron chi connectivity index (χ3n) is 2.06. The molecule has 0 atom stereocenters. The Labute approximate surface area is 83.4 Å². The van der Waals surface area contributed by atoms with E-state index in [0.29, 0.717) is 6.79 Å². The maximum absolute atomic E-state index is 5.38. The fourth-order valence-corrected chi connectivity index (χ4v) is 1.37. The molecular weight excluding hydrogens is 180 g/mol. The van der Waals surface area contributed by atoms with E-state index in [2.05, 4.69) is 5.43 Å². The molecule has 0 fully saturated rings. The summed E-state index contributed by atoms with van der Waals surface area (Å²) in [5, 5.41) is 1.91. The first kappa shape index (κ1) is 9.30. The van der Waals surface area contributed by atoms with Crippen molar-refractivity contribution in [1.82, 2.24) is 10.4 Å². The van der Waals surface area contributed by atoms with Crippen LogP contribution in [-0.4, -0.2) is 25.9 Å². The molecule has 2 rings (SSSR count). The molecule has 1 heterocycles. The lowest BCUT2D eigenvalue weighted by Gasteiger charge is -2.12. The second kappa shape index (κ2) is 3.86. The van der Waals surface area contributed by atoms with Crippen molar-refractivity contribution in [1.29, 1.82) is 0 Å². The minimum atomic E-state index is 0.328. The average Bonchev–Trinajstić information content (AvgIpc) is 2.62. The Hall–Kier alpha value is -1.26. The molecule has 76 valence electrons. The van der Waals surface area contributed by atoms with Gasteiger partial charge in [0.2, 0.25) is 6.79 Å². The molecule has 1 aliphatic rings. The lowest BCUT2D eigenvalue weighted by Crippen LogP contribution is -2.29. The molecule has 0 aromatic heterocycles. The van der Waals surface area contributed by atoms with Crippen LogP contribution in [0, 0.1) is 0 Å². The van der Waals surface area contributed by atoms with Gasteiger partial charge in [0.15, 0.2) is 11.5 Å². The van der Waals surface area contributed by atoms with Crippen LogP contribution in [0.5, 0.6) is 11.5 Å². The van der Waals surface area contributed by atoms with Crippen molar-refractivity contribution in [3.63, 3.8) is 0 Å². The zero-order chi connectivity index (χ0) is 9.97. The number of benzene rings is 1. The van der Waals surface area contributed by atoms with E-state index in [-0.39, 0.29) is 0 Å². The van der Waals surface area contributed by atoms with E-state index >= 15 is 0 Å². The zero-order valence-electron chi connectivity index (χ0n) is 8.41.